The van der Waals surface area contributed by atoms with Crippen molar-refractivity contribution < 1.29 is 10.2 Å². The molecule has 122 valence electrons. The highest BCUT2D eigenvalue weighted by atomic mass is 35.5. The summed E-state index contributed by atoms with van der Waals surface area (Å²) < 4.78 is 0. The molecule has 1 aliphatic carbocycles. The lowest BCUT2D eigenvalue weighted by Gasteiger charge is -2.36. The highest BCUT2D eigenvalue weighted by Crippen LogP contribution is 2.36. The second-order valence-electron chi connectivity index (χ2n) is 6.32. The molecule has 0 bridgehead atoms. The van der Waals surface area contributed by atoms with Crippen molar-refractivity contribution in [2.45, 2.75) is 57.8 Å². The van der Waals surface area contributed by atoms with E-state index in [1.807, 2.05) is 6.07 Å². The van der Waals surface area contributed by atoms with Crippen molar-refractivity contribution in [3.63, 3.8) is 0 Å². The van der Waals surface area contributed by atoms with Crippen LogP contribution in [0.3, 0.4) is 0 Å². The number of halogens is 2. The predicted octanol–water partition coefficient (Wildman–Crippen LogP) is 2.43. The summed E-state index contributed by atoms with van der Waals surface area (Å²) in [6.07, 6.45) is 1.14. The van der Waals surface area contributed by atoms with Crippen LogP contribution in [-0.2, 0) is 13.0 Å². The standard InChI is InChI=1S/C15H24N2O2.2ClH/c1-15(2,3)17-12-6-4-9-10(14(12)19)5-7-13(18)11(9)8-16;;/h5,7,12,14,17-19H,4,6,8,16H2,1-3H3;2*1H/t12-,14-;;/m0../s1. The van der Waals surface area contributed by atoms with E-state index in [2.05, 4.69) is 26.1 Å². The maximum atomic E-state index is 10.5. The Morgan fingerprint density at radius 2 is 1.90 bits per heavy atom. The second-order valence-corrected chi connectivity index (χ2v) is 6.32. The highest BCUT2D eigenvalue weighted by molar-refractivity contribution is 5.85. The van der Waals surface area contributed by atoms with Gasteiger partial charge >= 0.3 is 0 Å². The monoisotopic (exact) mass is 336 g/mol. The van der Waals surface area contributed by atoms with E-state index in [1.54, 1.807) is 6.07 Å². The van der Waals surface area contributed by atoms with Gasteiger partial charge < -0.3 is 21.3 Å². The van der Waals surface area contributed by atoms with Gasteiger partial charge in [0.25, 0.3) is 0 Å². The number of hydrogen-bond donors (Lipinski definition) is 4. The summed E-state index contributed by atoms with van der Waals surface area (Å²) in [5.74, 6) is 0.232. The number of benzene rings is 1. The largest absolute Gasteiger partial charge is 0.508 e. The fourth-order valence-corrected chi connectivity index (χ4v) is 2.88. The number of nitrogens with two attached hydrogens (primary N) is 1. The minimum Gasteiger partial charge on any atom is -0.508 e. The molecule has 6 heteroatoms. The number of hydrogen-bond acceptors (Lipinski definition) is 4. The molecule has 1 aromatic rings. The maximum absolute atomic E-state index is 10.5. The van der Waals surface area contributed by atoms with E-state index in [9.17, 15) is 10.2 Å². The van der Waals surface area contributed by atoms with E-state index >= 15 is 0 Å². The van der Waals surface area contributed by atoms with Gasteiger partial charge in [-0.2, -0.15) is 0 Å². The molecule has 1 aliphatic rings. The molecule has 0 saturated carbocycles. The lowest BCUT2D eigenvalue weighted by molar-refractivity contribution is 0.0997. The SMILES string of the molecule is CC(C)(C)N[C@H]1CCc2c(ccc(O)c2CN)[C@@H]1O.Cl.Cl. The Hall–Kier alpha value is -0.520. The molecule has 0 fully saturated rings. The van der Waals surface area contributed by atoms with Crippen molar-refractivity contribution in [1.29, 1.82) is 0 Å². The van der Waals surface area contributed by atoms with Gasteiger partial charge in [-0.05, 0) is 50.8 Å². The summed E-state index contributed by atoms with van der Waals surface area (Å²) in [5, 5.41) is 23.8. The third-order valence-corrected chi connectivity index (χ3v) is 3.67. The normalized spacial score (nSPS) is 21.0. The van der Waals surface area contributed by atoms with Gasteiger partial charge in [-0.15, -0.1) is 24.8 Å². The van der Waals surface area contributed by atoms with Gasteiger partial charge in [0.2, 0.25) is 0 Å². The van der Waals surface area contributed by atoms with E-state index in [4.69, 9.17) is 5.73 Å². The third-order valence-electron chi connectivity index (χ3n) is 3.67. The first-order valence-corrected chi connectivity index (χ1v) is 6.83. The van der Waals surface area contributed by atoms with Crippen LogP contribution < -0.4 is 11.1 Å². The number of aliphatic hydroxyl groups excluding tert-OH is 1. The Labute approximate surface area is 138 Å². The fraction of sp³-hybridized carbons (Fsp3) is 0.600. The Morgan fingerprint density at radius 1 is 1.29 bits per heavy atom. The molecule has 5 N–H and O–H groups in total. The summed E-state index contributed by atoms with van der Waals surface area (Å²) in [5.41, 5.74) is 8.35. The zero-order valence-electron chi connectivity index (χ0n) is 12.7. The van der Waals surface area contributed by atoms with Gasteiger partial charge in [0.05, 0.1) is 6.10 Å². The van der Waals surface area contributed by atoms with Crippen LogP contribution >= 0.6 is 24.8 Å². The number of nitrogens with one attached hydrogen (secondary N) is 1. The molecule has 0 aromatic heterocycles. The first-order chi connectivity index (χ1) is 8.83. The molecule has 0 radical (unpaired) electrons. The lowest BCUT2D eigenvalue weighted by atomic mass is 9.82. The molecule has 0 amide bonds. The predicted molar refractivity (Wildman–Crippen MR) is 90.5 cm³/mol. The topological polar surface area (TPSA) is 78.5 Å². The molecule has 0 unspecified atom stereocenters. The molecule has 0 spiro atoms. The van der Waals surface area contributed by atoms with Crippen LogP contribution in [-0.4, -0.2) is 21.8 Å². The number of aromatic hydroxyl groups is 1. The van der Waals surface area contributed by atoms with Crippen molar-refractivity contribution >= 4 is 24.8 Å². The van der Waals surface area contributed by atoms with Crippen molar-refractivity contribution in [1.82, 2.24) is 5.32 Å². The zero-order valence-corrected chi connectivity index (χ0v) is 14.4. The minimum absolute atomic E-state index is 0. The van der Waals surface area contributed by atoms with Crippen LogP contribution in [0.5, 0.6) is 5.75 Å². The van der Waals surface area contributed by atoms with Gasteiger partial charge in [0.15, 0.2) is 0 Å². The molecular weight excluding hydrogens is 311 g/mol. The molecule has 1 aromatic carbocycles. The smallest absolute Gasteiger partial charge is 0.120 e. The van der Waals surface area contributed by atoms with Crippen LogP contribution in [0.4, 0.5) is 0 Å². The Bertz CT molecular complexity index is 475. The van der Waals surface area contributed by atoms with Crippen LogP contribution in [0.2, 0.25) is 0 Å². The van der Waals surface area contributed by atoms with Gasteiger partial charge in [-0.1, -0.05) is 6.07 Å². The Kier molecular flexibility index (Phi) is 7.47. The molecule has 4 nitrogen and oxygen atoms in total. The first-order valence-electron chi connectivity index (χ1n) is 6.83. The van der Waals surface area contributed by atoms with Crippen molar-refractivity contribution in [3.8, 4) is 5.75 Å². The number of aliphatic hydroxyl groups is 1. The Balaban J connectivity index is 0.00000200. The van der Waals surface area contributed by atoms with Crippen LogP contribution in [0.25, 0.3) is 0 Å². The van der Waals surface area contributed by atoms with Gasteiger partial charge in [0.1, 0.15) is 5.75 Å². The van der Waals surface area contributed by atoms with Gasteiger partial charge in [-0.3, -0.25) is 0 Å². The summed E-state index contributed by atoms with van der Waals surface area (Å²) in [6, 6.07) is 3.48. The molecule has 21 heavy (non-hydrogen) atoms. The third kappa shape index (κ3) is 4.47. The number of phenolic OH excluding ortho intramolecular Hbond substituents is 1. The molecule has 0 aliphatic heterocycles. The summed E-state index contributed by atoms with van der Waals surface area (Å²) in [7, 11) is 0. The average Bonchev–Trinajstić information content (AvgIpc) is 2.31. The lowest BCUT2D eigenvalue weighted by Crippen LogP contribution is -2.48. The first kappa shape index (κ1) is 20.5. The van der Waals surface area contributed by atoms with Crippen molar-refractivity contribution in [2.24, 2.45) is 5.73 Å². The summed E-state index contributed by atoms with van der Waals surface area (Å²) in [4.78, 5) is 0. The average molecular weight is 337 g/mol. The second kappa shape index (κ2) is 7.65. The molecule has 0 saturated heterocycles. The van der Waals surface area contributed by atoms with Crippen LogP contribution in [0.15, 0.2) is 12.1 Å². The van der Waals surface area contributed by atoms with Crippen molar-refractivity contribution in [2.75, 3.05) is 0 Å². The highest BCUT2D eigenvalue weighted by Gasteiger charge is 2.31. The number of rotatable bonds is 2. The van der Waals surface area contributed by atoms with Crippen molar-refractivity contribution in [3.05, 3.63) is 28.8 Å². The molecule has 2 rings (SSSR count). The van der Waals surface area contributed by atoms with Gasteiger partial charge in [-0.25, -0.2) is 0 Å². The van der Waals surface area contributed by atoms with E-state index in [-0.39, 0.29) is 42.1 Å². The van der Waals surface area contributed by atoms with Crippen LogP contribution in [0.1, 0.15) is 50.0 Å². The molecular formula is C15H26Cl2N2O2. The van der Waals surface area contributed by atoms with Crippen LogP contribution in [0, 0.1) is 0 Å². The summed E-state index contributed by atoms with van der Waals surface area (Å²) >= 11 is 0. The number of phenols is 1. The Morgan fingerprint density at radius 3 is 2.43 bits per heavy atom. The summed E-state index contributed by atoms with van der Waals surface area (Å²) in [6.45, 7) is 6.59. The zero-order chi connectivity index (χ0) is 14.2. The van der Waals surface area contributed by atoms with E-state index in [0.717, 1.165) is 29.5 Å². The van der Waals surface area contributed by atoms with E-state index < -0.39 is 6.10 Å². The minimum atomic E-state index is -0.547. The van der Waals surface area contributed by atoms with E-state index in [1.165, 1.54) is 0 Å². The van der Waals surface area contributed by atoms with E-state index in [0.29, 0.717) is 6.54 Å². The maximum Gasteiger partial charge on any atom is 0.120 e. The molecule has 0 heterocycles. The van der Waals surface area contributed by atoms with Gasteiger partial charge in [0, 0.05) is 23.7 Å². The molecule has 2 atom stereocenters. The number of fused-ring (bicyclic) bond motifs is 1. The quantitative estimate of drug-likeness (QED) is 0.668. The fourth-order valence-electron chi connectivity index (χ4n) is 2.88.